The molecule has 2 saturated heterocycles. The van der Waals surface area contributed by atoms with Gasteiger partial charge in [0.25, 0.3) is 5.91 Å². The maximum Gasteiger partial charge on any atom is 0.253 e. The summed E-state index contributed by atoms with van der Waals surface area (Å²) < 4.78 is 5.47. The second-order valence-electron chi connectivity index (χ2n) is 4.76. The van der Waals surface area contributed by atoms with Crippen LogP contribution in [0.3, 0.4) is 0 Å². The topological polar surface area (TPSA) is 41.6 Å². The van der Waals surface area contributed by atoms with Gasteiger partial charge in [-0.05, 0) is 11.8 Å². The molecule has 5 heteroatoms. The van der Waals surface area contributed by atoms with Gasteiger partial charge in [0.1, 0.15) is 6.10 Å². The number of morpholine rings is 1. The van der Waals surface area contributed by atoms with Crippen molar-refractivity contribution >= 4 is 18.3 Å². The molecule has 0 aliphatic carbocycles. The maximum absolute atomic E-state index is 12.1. The smallest absolute Gasteiger partial charge is 0.253 e. The second kappa shape index (κ2) is 5.84. The molecule has 2 unspecified atom stereocenters. The van der Waals surface area contributed by atoms with Gasteiger partial charge >= 0.3 is 0 Å². The lowest BCUT2D eigenvalue weighted by molar-refractivity contribution is -0.144. The summed E-state index contributed by atoms with van der Waals surface area (Å²) in [5, 5.41) is 3.19. The van der Waals surface area contributed by atoms with E-state index in [4.69, 9.17) is 4.74 Å². The summed E-state index contributed by atoms with van der Waals surface area (Å²) in [7, 11) is 0. The zero-order chi connectivity index (χ0) is 10.8. The first-order valence-corrected chi connectivity index (χ1v) is 5.79. The zero-order valence-corrected chi connectivity index (χ0v) is 10.8. The molecule has 2 aliphatic rings. The fourth-order valence-corrected chi connectivity index (χ4v) is 2.24. The molecule has 2 rings (SSSR count). The van der Waals surface area contributed by atoms with Gasteiger partial charge in [0.05, 0.1) is 6.61 Å². The number of ether oxygens (including phenoxy) is 1. The van der Waals surface area contributed by atoms with Gasteiger partial charge in [0.15, 0.2) is 0 Å². The van der Waals surface area contributed by atoms with E-state index in [1.807, 2.05) is 4.90 Å². The van der Waals surface area contributed by atoms with Crippen molar-refractivity contribution in [3.63, 3.8) is 0 Å². The first-order valence-electron chi connectivity index (χ1n) is 5.79. The Kier molecular flexibility index (Phi) is 5.02. The number of halogens is 1. The van der Waals surface area contributed by atoms with E-state index in [9.17, 15) is 4.79 Å². The molecule has 0 aromatic rings. The van der Waals surface area contributed by atoms with Crippen molar-refractivity contribution in [2.75, 3.05) is 32.8 Å². The van der Waals surface area contributed by atoms with Gasteiger partial charge in [0.2, 0.25) is 0 Å². The summed E-state index contributed by atoms with van der Waals surface area (Å²) in [5.74, 6) is 1.40. The summed E-state index contributed by atoms with van der Waals surface area (Å²) >= 11 is 0. The Morgan fingerprint density at radius 3 is 2.44 bits per heavy atom. The van der Waals surface area contributed by atoms with Crippen LogP contribution in [-0.2, 0) is 9.53 Å². The highest BCUT2D eigenvalue weighted by Gasteiger charge is 2.33. The summed E-state index contributed by atoms with van der Waals surface area (Å²) in [5.41, 5.74) is 0. The van der Waals surface area contributed by atoms with Crippen LogP contribution in [0.5, 0.6) is 0 Å². The van der Waals surface area contributed by atoms with Crippen LogP contribution < -0.4 is 5.32 Å². The van der Waals surface area contributed by atoms with Crippen molar-refractivity contribution in [1.29, 1.82) is 0 Å². The number of carbonyl (C=O) groups excluding carboxylic acids is 1. The number of amides is 1. The molecule has 0 bridgehead atoms. The lowest BCUT2D eigenvalue weighted by Crippen LogP contribution is -2.48. The minimum Gasteiger partial charge on any atom is -0.366 e. The monoisotopic (exact) mass is 248 g/mol. The van der Waals surface area contributed by atoms with Crippen LogP contribution in [0, 0.1) is 11.8 Å². The maximum atomic E-state index is 12.1. The molecule has 16 heavy (non-hydrogen) atoms. The Bertz CT molecular complexity index is 234. The number of carbonyl (C=O) groups is 1. The normalized spacial score (nSPS) is 34.6. The van der Waals surface area contributed by atoms with Gasteiger partial charge in [-0.15, -0.1) is 12.4 Å². The van der Waals surface area contributed by atoms with Crippen LogP contribution in [0.25, 0.3) is 0 Å². The number of hydrogen-bond donors (Lipinski definition) is 1. The third-order valence-corrected chi connectivity index (χ3v) is 3.50. The van der Waals surface area contributed by atoms with Gasteiger partial charge in [-0.25, -0.2) is 0 Å². The SMILES string of the molecule is CC1CN(C(=O)[C@@H]2CNCCO2)CC1C.Cl. The highest BCUT2D eigenvalue weighted by atomic mass is 35.5. The highest BCUT2D eigenvalue weighted by Crippen LogP contribution is 2.23. The molecule has 0 aromatic carbocycles. The van der Waals surface area contributed by atoms with E-state index in [2.05, 4.69) is 19.2 Å². The molecule has 2 fully saturated rings. The van der Waals surface area contributed by atoms with Crippen LogP contribution >= 0.6 is 12.4 Å². The molecule has 0 spiro atoms. The molecule has 1 N–H and O–H groups in total. The fourth-order valence-electron chi connectivity index (χ4n) is 2.24. The molecule has 1 amide bonds. The Morgan fingerprint density at radius 2 is 1.94 bits per heavy atom. The van der Waals surface area contributed by atoms with Crippen LogP contribution in [0.1, 0.15) is 13.8 Å². The van der Waals surface area contributed by atoms with E-state index in [-0.39, 0.29) is 24.4 Å². The molecule has 3 atom stereocenters. The molecule has 94 valence electrons. The molecule has 2 heterocycles. The Morgan fingerprint density at radius 1 is 1.31 bits per heavy atom. The number of hydrogen-bond acceptors (Lipinski definition) is 3. The number of nitrogens with one attached hydrogen (secondary N) is 1. The van der Waals surface area contributed by atoms with Crippen LogP contribution in [-0.4, -0.2) is 49.7 Å². The standard InChI is InChI=1S/C11H20N2O2.ClH/c1-8-6-13(7-9(8)2)11(14)10-5-12-3-4-15-10;/h8-10,12H,3-7H2,1-2H3;1H/t8?,9?,10-;/m0./s1. The van der Waals surface area contributed by atoms with Gasteiger partial charge in [-0.1, -0.05) is 13.8 Å². The van der Waals surface area contributed by atoms with Crippen LogP contribution in [0.4, 0.5) is 0 Å². The van der Waals surface area contributed by atoms with Gasteiger partial charge in [0, 0.05) is 26.2 Å². The number of nitrogens with zero attached hydrogens (tertiary/aromatic N) is 1. The summed E-state index contributed by atoms with van der Waals surface area (Å²) in [4.78, 5) is 14.0. The quantitative estimate of drug-likeness (QED) is 0.735. The Labute approximate surface area is 103 Å². The predicted molar refractivity (Wildman–Crippen MR) is 64.8 cm³/mol. The van der Waals surface area contributed by atoms with Crippen LogP contribution in [0.15, 0.2) is 0 Å². The number of likely N-dealkylation sites (tertiary alicyclic amines) is 1. The Balaban J connectivity index is 0.00000128. The van der Waals surface area contributed by atoms with E-state index < -0.39 is 0 Å². The van der Waals surface area contributed by atoms with Crippen molar-refractivity contribution in [2.24, 2.45) is 11.8 Å². The molecular weight excluding hydrogens is 228 g/mol. The molecular formula is C11H21ClN2O2. The van der Waals surface area contributed by atoms with Crippen molar-refractivity contribution in [3.8, 4) is 0 Å². The van der Waals surface area contributed by atoms with Crippen LogP contribution in [0.2, 0.25) is 0 Å². The lowest BCUT2D eigenvalue weighted by atomic mass is 10.0. The third kappa shape index (κ3) is 2.87. The molecule has 4 nitrogen and oxygen atoms in total. The minimum absolute atomic E-state index is 0. The minimum atomic E-state index is -0.253. The van der Waals surface area contributed by atoms with Crippen molar-refractivity contribution < 1.29 is 9.53 Å². The van der Waals surface area contributed by atoms with Crippen molar-refractivity contribution in [1.82, 2.24) is 10.2 Å². The predicted octanol–water partition coefficient (Wildman–Crippen LogP) is 0.511. The number of rotatable bonds is 1. The summed E-state index contributed by atoms with van der Waals surface area (Å²) in [6.45, 7) is 8.36. The van der Waals surface area contributed by atoms with Crippen molar-refractivity contribution in [3.05, 3.63) is 0 Å². The van der Waals surface area contributed by atoms with E-state index >= 15 is 0 Å². The molecule has 2 aliphatic heterocycles. The summed E-state index contributed by atoms with van der Waals surface area (Å²) in [6.07, 6.45) is -0.253. The average molecular weight is 249 g/mol. The molecule has 0 saturated carbocycles. The fraction of sp³-hybridized carbons (Fsp3) is 0.909. The third-order valence-electron chi connectivity index (χ3n) is 3.50. The first-order chi connectivity index (χ1) is 7.18. The van der Waals surface area contributed by atoms with E-state index in [0.717, 1.165) is 19.6 Å². The largest absolute Gasteiger partial charge is 0.366 e. The zero-order valence-electron chi connectivity index (χ0n) is 9.94. The van der Waals surface area contributed by atoms with E-state index in [1.165, 1.54) is 0 Å². The van der Waals surface area contributed by atoms with Gasteiger partial charge < -0.3 is 15.0 Å². The first kappa shape index (κ1) is 13.7. The lowest BCUT2D eigenvalue weighted by Gasteiger charge is -2.27. The van der Waals surface area contributed by atoms with E-state index in [1.54, 1.807) is 0 Å². The summed E-state index contributed by atoms with van der Waals surface area (Å²) in [6, 6.07) is 0. The van der Waals surface area contributed by atoms with Gasteiger partial charge in [-0.2, -0.15) is 0 Å². The average Bonchev–Trinajstić information content (AvgIpc) is 2.59. The highest BCUT2D eigenvalue weighted by molar-refractivity contribution is 5.85. The Hall–Kier alpha value is -0.320. The van der Waals surface area contributed by atoms with Crippen molar-refractivity contribution in [2.45, 2.75) is 20.0 Å². The molecule has 0 aromatic heterocycles. The molecule has 0 radical (unpaired) electrons. The van der Waals surface area contributed by atoms with E-state index in [0.29, 0.717) is 25.0 Å². The second-order valence-corrected chi connectivity index (χ2v) is 4.76. The van der Waals surface area contributed by atoms with Gasteiger partial charge in [-0.3, -0.25) is 4.79 Å².